The lowest BCUT2D eigenvalue weighted by molar-refractivity contribution is -0.119. The van der Waals surface area contributed by atoms with E-state index in [1.807, 2.05) is 24.3 Å². The van der Waals surface area contributed by atoms with E-state index in [1.165, 1.54) is 6.92 Å². The average molecular weight is 570 g/mol. The van der Waals surface area contributed by atoms with Gasteiger partial charge in [0.2, 0.25) is 5.91 Å². The second-order valence-corrected chi connectivity index (χ2v) is 11.0. The van der Waals surface area contributed by atoms with E-state index in [2.05, 4.69) is 32.3 Å². The monoisotopic (exact) mass is 569 g/mol. The summed E-state index contributed by atoms with van der Waals surface area (Å²) in [6.45, 7) is 5.77. The molecule has 11 heteroatoms. The summed E-state index contributed by atoms with van der Waals surface area (Å²) in [5, 5.41) is 23.5. The molecular weight excluding hydrogens is 530 g/mol. The minimum absolute atomic E-state index is 0.0350. The molecule has 0 atom stereocenters. The Morgan fingerprint density at radius 3 is 2.65 bits per heavy atom. The Bertz CT molecular complexity index is 1140. The molecule has 2 aliphatic rings. The van der Waals surface area contributed by atoms with Gasteiger partial charge < -0.3 is 30.7 Å². The number of carbonyl (C=O) groups is 1. The molecule has 0 aromatic carbocycles. The van der Waals surface area contributed by atoms with Gasteiger partial charge in [0.25, 0.3) is 0 Å². The van der Waals surface area contributed by atoms with Gasteiger partial charge in [-0.15, -0.1) is 0 Å². The van der Waals surface area contributed by atoms with Crippen LogP contribution in [0.4, 0.5) is 11.6 Å². The Kier molecular flexibility index (Phi) is 11.4. The van der Waals surface area contributed by atoms with E-state index >= 15 is 0 Å². The maximum absolute atomic E-state index is 10.9. The third-order valence-electron chi connectivity index (χ3n) is 7.55. The van der Waals surface area contributed by atoms with E-state index in [0.29, 0.717) is 62.4 Å². The van der Waals surface area contributed by atoms with Crippen LogP contribution in [-0.2, 0) is 14.3 Å². The van der Waals surface area contributed by atoms with Gasteiger partial charge in [-0.25, -0.2) is 9.97 Å². The molecule has 1 saturated carbocycles. The Morgan fingerprint density at radius 2 is 1.90 bits per heavy atom. The lowest BCUT2D eigenvalue weighted by Gasteiger charge is -2.30. The molecule has 10 nitrogen and oxygen atoms in total. The highest BCUT2D eigenvalue weighted by molar-refractivity contribution is 6.33. The zero-order valence-corrected chi connectivity index (χ0v) is 23.9. The first kappa shape index (κ1) is 30.0. The number of halogens is 1. The van der Waals surface area contributed by atoms with Crippen LogP contribution < -0.4 is 21.3 Å². The summed E-state index contributed by atoms with van der Waals surface area (Å²) in [6.07, 6.45) is 7.36. The maximum atomic E-state index is 10.9. The largest absolute Gasteiger partial charge is 0.381 e. The predicted octanol–water partition coefficient (Wildman–Crippen LogP) is 3.99. The van der Waals surface area contributed by atoms with Gasteiger partial charge in [-0.1, -0.05) is 17.7 Å². The highest BCUT2D eigenvalue weighted by Gasteiger charge is 2.32. The maximum Gasteiger partial charge on any atom is 0.216 e. The van der Waals surface area contributed by atoms with Crippen LogP contribution in [0.15, 0.2) is 30.5 Å². The van der Waals surface area contributed by atoms with Crippen molar-refractivity contribution in [3.63, 3.8) is 0 Å². The summed E-state index contributed by atoms with van der Waals surface area (Å²) in [6, 6.07) is 11.1. The van der Waals surface area contributed by atoms with E-state index in [-0.39, 0.29) is 5.91 Å². The number of ether oxygens (including phenoxy) is 2. The SMILES string of the molecule is CC(=O)NCCOCCN[C@H]1CC[C@H](Nc2cc(-c3cccc(NCC4(C#N)CCOCC4)n3)c(Cl)cn2)CC1. The summed E-state index contributed by atoms with van der Waals surface area (Å²) < 4.78 is 11.0. The van der Waals surface area contributed by atoms with Crippen molar-refractivity contribution in [1.29, 1.82) is 5.26 Å². The molecular formula is C29H40ClN7O3. The number of anilines is 2. The third kappa shape index (κ3) is 9.03. The number of hydrogen-bond donors (Lipinski definition) is 4. The normalized spacial score (nSPS) is 20.3. The first-order chi connectivity index (χ1) is 19.5. The number of rotatable bonds is 13. The van der Waals surface area contributed by atoms with Crippen molar-refractivity contribution in [3.05, 3.63) is 35.5 Å². The molecule has 2 fully saturated rings. The third-order valence-corrected chi connectivity index (χ3v) is 7.86. The number of nitrogens with zero attached hydrogens (tertiary/aromatic N) is 3. The molecule has 3 heterocycles. The first-order valence-electron chi connectivity index (χ1n) is 14.1. The van der Waals surface area contributed by atoms with Crippen LogP contribution in [0.5, 0.6) is 0 Å². The van der Waals surface area contributed by atoms with Gasteiger partial charge in [0.1, 0.15) is 11.6 Å². The van der Waals surface area contributed by atoms with Gasteiger partial charge in [0.05, 0.1) is 35.4 Å². The molecule has 4 N–H and O–H groups in total. The van der Waals surface area contributed by atoms with E-state index in [4.69, 9.17) is 26.1 Å². The van der Waals surface area contributed by atoms with E-state index in [1.54, 1.807) is 6.20 Å². The Labute approximate surface area is 241 Å². The number of nitrogens with one attached hydrogen (secondary N) is 4. The van der Waals surface area contributed by atoms with Gasteiger partial charge >= 0.3 is 0 Å². The fourth-order valence-electron chi connectivity index (χ4n) is 5.13. The summed E-state index contributed by atoms with van der Waals surface area (Å²) in [5.74, 6) is 1.46. The van der Waals surface area contributed by atoms with Crippen LogP contribution in [0.2, 0.25) is 5.02 Å². The molecule has 0 radical (unpaired) electrons. The lowest BCUT2D eigenvalue weighted by atomic mass is 9.82. The van der Waals surface area contributed by atoms with Crippen LogP contribution in [0.3, 0.4) is 0 Å². The molecule has 2 aromatic heterocycles. The molecule has 0 unspecified atom stereocenters. The van der Waals surface area contributed by atoms with Crippen molar-refractivity contribution in [1.82, 2.24) is 20.6 Å². The van der Waals surface area contributed by atoms with Crippen LogP contribution in [0.25, 0.3) is 11.3 Å². The zero-order valence-electron chi connectivity index (χ0n) is 23.2. The summed E-state index contributed by atoms with van der Waals surface area (Å²) in [7, 11) is 0. The Balaban J connectivity index is 1.25. The summed E-state index contributed by atoms with van der Waals surface area (Å²) in [4.78, 5) is 20.2. The average Bonchev–Trinajstić information content (AvgIpc) is 2.98. The molecule has 1 aliphatic heterocycles. The van der Waals surface area contributed by atoms with Gasteiger partial charge in [0.15, 0.2) is 0 Å². The van der Waals surface area contributed by atoms with Gasteiger partial charge in [0, 0.05) is 63.6 Å². The smallest absolute Gasteiger partial charge is 0.216 e. The van der Waals surface area contributed by atoms with Gasteiger partial charge in [-0.3, -0.25) is 4.79 Å². The molecule has 4 rings (SSSR count). The van der Waals surface area contributed by atoms with Crippen LogP contribution >= 0.6 is 11.6 Å². The van der Waals surface area contributed by atoms with E-state index < -0.39 is 5.41 Å². The standard InChI is InChI=1S/C29H40ClN7O3/c1-21(38)32-11-15-40-16-12-33-22-5-7-23(8-6-22)36-28-17-24(25(30)18-34-28)26-3-2-4-27(37-26)35-20-29(19-31)9-13-39-14-10-29/h2-4,17-18,22-23,33H,5-16,20H2,1H3,(H,32,38)(H,34,36)(H,35,37)/t22-,23-. The highest BCUT2D eigenvalue weighted by atomic mass is 35.5. The van der Waals surface area contributed by atoms with Crippen molar-refractivity contribution in [2.45, 2.75) is 57.5 Å². The molecule has 0 spiro atoms. The number of aromatic nitrogens is 2. The number of pyridine rings is 2. The Hall–Kier alpha value is -2.97. The van der Waals surface area contributed by atoms with Crippen molar-refractivity contribution >= 4 is 29.1 Å². The van der Waals surface area contributed by atoms with Crippen molar-refractivity contribution in [2.75, 3.05) is 56.7 Å². The minimum atomic E-state index is -0.432. The Morgan fingerprint density at radius 1 is 1.15 bits per heavy atom. The van der Waals surface area contributed by atoms with E-state index in [9.17, 15) is 10.1 Å². The number of hydrogen-bond acceptors (Lipinski definition) is 9. The second kappa shape index (κ2) is 15.1. The molecule has 1 amide bonds. The number of nitriles is 1. The predicted molar refractivity (Wildman–Crippen MR) is 156 cm³/mol. The van der Waals surface area contributed by atoms with Gasteiger partial charge in [-0.05, 0) is 56.7 Å². The molecule has 2 aromatic rings. The summed E-state index contributed by atoms with van der Waals surface area (Å²) >= 11 is 6.55. The zero-order chi connectivity index (χ0) is 28.2. The highest BCUT2D eigenvalue weighted by Crippen LogP contribution is 2.32. The van der Waals surface area contributed by atoms with Gasteiger partial charge in [-0.2, -0.15) is 5.26 Å². The van der Waals surface area contributed by atoms with Crippen LogP contribution in [0.1, 0.15) is 45.4 Å². The molecule has 1 aliphatic carbocycles. The molecule has 40 heavy (non-hydrogen) atoms. The molecule has 1 saturated heterocycles. The minimum Gasteiger partial charge on any atom is -0.381 e. The summed E-state index contributed by atoms with van der Waals surface area (Å²) in [5.41, 5.74) is 1.14. The van der Waals surface area contributed by atoms with Crippen molar-refractivity contribution < 1.29 is 14.3 Å². The van der Waals surface area contributed by atoms with Crippen LogP contribution in [0, 0.1) is 16.7 Å². The lowest BCUT2D eigenvalue weighted by Crippen LogP contribution is -2.38. The topological polar surface area (TPSA) is 133 Å². The van der Waals surface area contributed by atoms with Crippen LogP contribution in [-0.4, -0.2) is 74.0 Å². The quantitative estimate of drug-likeness (QED) is 0.264. The fraction of sp³-hybridized carbons (Fsp3) is 0.586. The van der Waals surface area contributed by atoms with Crippen molar-refractivity contribution in [2.24, 2.45) is 5.41 Å². The first-order valence-corrected chi connectivity index (χ1v) is 14.5. The number of carbonyl (C=O) groups excluding carboxylic acids is 1. The van der Waals surface area contributed by atoms with Crippen molar-refractivity contribution in [3.8, 4) is 17.3 Å². The van der Waals surface area contributed by atoms with E-state index in [0.717, 1.165) is 62.1 Å². The molecule has 216 valence electrons. The fourth-order valence-corrected chi connectivity index (χ4v) is 5.33. The second-order valence-electron chi connectivity index (χ2n) is 10.6. The number of amides is 1. The molecule has 0 bridgehead atoms.